The summed E-state index contributed by atoms with van der Waals surface area (Å²) in [6, 6.07) is 7.87. The molecule has 4 aliphatic carbocycles. The number of rotatable bonds is 12. The highest BCUT2D eigenvalue weighted by atomic mass is 32.1. The number of dihydropyridines is 1. The number of hydrogen-bond acceptors (Lipinski definition) is 11. The normalized spacial score (nSPS) is 29.6. The van der Waals surface area contributed by atoms with E-state index in [0.29, 0.717) is 48.5 Å². The van der Waals surface area contributed by atoms with Crippen LogP contribution in [0.2, 0.25) is 0 Å². The van der Waals surface area contributed by atoms with Crippen molar-refractivity contribution in [3.05, 3.63) is 82.5 Å². The zero-order valence-corrected chi connectivity index (χ0v) is 34.7. The predicted molar refractivity (Wildman–Crippen MR) is 225 cm³/mol. The molecule has 4 atom stereocenters. The monoisotopic (exact) mass is 795 g/mol. The lowest BCUT2D eigenvalue weighted by molar-refractivity contribution is -0.248. The minimum atomic E-state index is -0.827. The molecule has 4 saturated carbocycles. The van der Waals surface area contributed by atoms with E-state index in [9.17, 15) is 20.7 Å². The second-order valence-corrected chi connectivity index (χ2v) is 19.2. The van der Waals surface area contributed by atoms with Crippen molar-refractivity contribution in [3.63, 3.8) is 0 Å². The van der Waals surface area contributed by atoms with Crippen molar-refractivity contribution in [1.82, 2.24) is 29.9 Å². The third-order valence-electron chi connectivity index (χ3n) is 13.0. The number of aromatic nitrogens is 3. The molecule has 4 bridgehead atoms. The molecule has 4 heterocycles. The van der Waals surface area contributed by atoms with E-state index >= 15 is 0 Å². The lowest BCUT2D eigenvalue weighted by Crippen LogP contribution is -2.64. The molecule has 57 heavy (non-hydrogen) atoms. The van der Waals surface area contributed by atoms with Crippen molar-refractivity contribution in [2.24, 2.45) is 27.0 Å². The number of thiazole rings is 1. The maximum atomic E-state index is 10.7. The van der Waals surface area contributed by atoms with Crippen molar-refractivity contribution < 1.29 is 20.1 Å². The fourth-order valence-corrected chi connectivity index (χ4v) is 12.6. The fraction of sp³-hybridized carbons (Fsp3) is 0.535. The molecule has 9 rings (SSSR count). The Bertz CT molecular complexity index is 2190. The molecule has 2 unspecified atom stereocenters. The van der Waals surface area contributed by atoms with Gasteiger partial charge in [0.25, 0.3) is 5.95 Å². The summed E-state index contributed by atoms with van der Waals surface area (Å²) in [4.78, 5) is 13.2. The number of likely N-dealkylation sites (N-methyl/N-ethyl adjacent to an activating group) is 1. The SMILES string of the molecule is CC(=C1\CCCN(C2=CC=C(c3cnn(CC45CC6(OCCN(C)CCO)C[C@](C)(C4)C[C@](C)(C5)C6)c3C)C(=C(O)O)N2)C1=N)/C(N)=N\c1nc2ccccc2s1. The number of aliphatic imine (C=N–C) groups is 1. The number of amidine groups is 2. The summed E-state index contributed by atoms with van der Waals surface area (Å²) in [7, 11) is 2.03. The van der Waals surface area contributed by atoms with E-state index in [1.54, 1.807) is 0 Å². The highest BCUT2D eigenvalue weighted by Gasteiger charge is 2.66. The van der Waals surface area contributed by atoms with E-state index in [-0.39, 0.29) is 40.0 Å². The number of piperidine rings is 1. The first kappa shape index (κ1) is 39.3. The number of likely N-dealkylation sites (tertiary alicyclic amines) is 1. The molecule has 5 fully saturated rings. The number of hydrogen-bond donors (Lipinski definition) is 6. The lowest BCUT2D eigenvalue weighted by atomic mass is 9.39. The minimum absolute atomic E-state index is 0.0355. The Kier molecular flexibility index (Phi) is 10.1. The van der Waals surface area contributed by atoms with Gasteiger partial charge in [-0.3, -0.25) is 10.1 Å². The molecule has 0 spiro atoms. The zero-order chi connectivity index (χ0) is 40.3. The number of nitrogens with one attached hydrogen (secondary N) is 2. The second kappa shape index (κ2) is 14.7. The Balaban J connectivity index is 1.03. The molecule has 0 radical (unpaired) electrons. The quantitative estimate of drug-likeness (QED) is 0.0632. The molecule has 13 nitrogen and oxygen atoms in total. The average molecular weight is 796 g/mol. The van der Waals surface area contributed by atoms with Crippen molar-refractivity contribution in [2.45, 2.75) is 91.2 Å². The van der Waals surface area contributed by atoms with Gasteiger partial charge in [-0.25, -0.2) is 9.98 Å². The van der Waals surface area contributed by atoms with Crippen molar-refractivity contribution >= 4 is 43.9 Å². The van der Waals surface area contributed by atoms with E-state index in [1.807, 2.05) is 61.5 Å². The van der Waals surface area contributed by atoms with Gasteiger partial charge in [0, 0.05) is 48.6 Å². The minimum Gasteiger partial charge on any atom is -0.480 e. The summed E-state index contributed by atoms with van der Waals surface area (Å²) < 4.78 is 10.0. The molecule has 14 heteroatoms. The van der Waals surface area contributed by atoms with Crippen LogP contribution in [-0.2, 0) is 11.3 Å². The molecule has 1 saturated heterocycles. The number of nitrogens with two attached hydrogens (primary N) is 1. The van der Waals surface area contributed by atoms with Gasteiger partial charge in [0.2, 0.25) is 5.13 Å². The van der Waals surface area contributed by atoms with Crippen LogP contribution in [0.5, 0.6) is 0 Å². The first-order valence-electron chi connectivity index (χ1n) is 20.2. The Morgan fingerprint density at radius 3 is 2.56 bits per heavy atom. The summed E-state index contributed by atoms with van der Waals surface area (Å²) in [5.74, 6) is 0.354. The van der Waals surface area contributed by atoms with E-state index in [4.69, 9.17) is 15.6 Å². The highest BCUT2D eigenvalue weighted by molar-refractivity contribution is 7.22. The number of aliphatic hydroxyl groups is 3. The number of ether oxygens (including phenoxy) is 1. The molecule has 1 aromatic carbocycles. The number of nitrogens with zero attached hydrogens (tertiary/aromatic N) is 6. The van der Waals surface area contributed by atoms with E-state index in [2.05, 4.69) is 45.6 Å². The summed E-state index contributed by atoms with van der Waals surface area (Å²) in [5, 5.41) is 48.7. The first-order chi connectivity index (χ1) is 27.1. The number of aliphatic hydroxyl groups excluding tert-OH is 2. The summed E-state index contributed by atoms with van der Waals surface area (Å²) in [6.07, 6.45) is 13.7. The molecule has 2 aromatic heterocycles. The molecule has 6 aliphatic rings. The van der Waals surface area contributed by atoms with Gasteiger partial charge in [0.1, 0.15) is 23.2 Å². The molecular formula is C43H57N9O4S. The predicted octanol–water partition coefficient (Wildman–Crippen LogP) is 7.05. The Morgan fingerprint density at radius 2 is 1.84 bits per heavy atom. The Labute approximate surface area is 338 Å². The van der Waals surface area contributed by atoms with Gasteiger partial charge < -0.3 is 40.9 Å². The fourth-order valence-electron chi connectivity index (χ4n) is 11.7. The smallest absolute Gasteiger partial charge is 0.299 e. The van der Waals surface area contributed by atoms with Gasteiger partial charge in [-0.2, -0.15) is 5.10 Å². The topological polar surface area (TPSA) is 181 Å². The van der Waals surface area contributed by atoms with Gasteiger partial charge in [-0.15, -0.1) is 0 Å². The standard InChI is InChI=1S/C43H57N9O4S/c1-27(36(44)49-39-47-32-10-6-7-11-33(32)57-39)29-9-8-14-51(37(29)45)34-13-12-30(35(48-34)38(54)55)31-19-46-52(28(31)2)26-42-21-40(3)20-41(4,22-42)24-43(23-40,25-42)56-18-16-50(5)15-17-53/h6-7,10-13,19,45,48,53-55H,8-9,14-18,20-26H2,1-5H3,(H2,44,47,49)/b29-27-,45-37?/t40-,41+,42?,43?. The summed E-state index contributed by atoms with van der Waals surface area (Å²) in [5.41, 5.74) is 11.7. The van der Waals surface area contributed by atoms with Crippen LogP contribution >= 0.6 is 11.3 Å². The summed E-state index contributed by atoms with van der Waals surface area (Å²) >= 11 is 1.47. The third-order valence-corrected chi connectivity index (χ3v) is 14.0. The number of allylic oxidation sites excluding steroid dienone is 3. The van der Waals surface area contributed by atoms with E-state index in [1.165, 1.54) is 17.8 Å². The Hall–Kier alpha value is -4.50. The Morgan fingerprint density at radius 1 is 1.09 bits per heavy atom. The van der Waals surface area contributed by atoms with Crippen LogP contribution < -0.4 is 11.1 Å². The van der Waals surface area contributed by atoms with Gasteiger partial charge in [0.05, 0.1) is 35.2 Å². The molecular weight excluding hydrogens is 739 g/mol. The van der Waals surface area contributed by atoms with Crippen LogP contribution in [0.25, 0.3) is 15.8 Å². The maximum absolute atomic E-state index is 10.7. The average Bonchev–Trinajstić information content (AvgIpc) is 3.71. The van der Waals surface area contributed by atoms with E-state index in [0.717, 1.165) is 84.2 Å². The van der Waals surface area contributed by atoms with Crippen LogP contribution in [0.15, 0.2) is 76.2 Å². The largest absolute Gasteiger partial charge is 0.480 e. The first-order valence-corrected chi connectivity index (χ1v) is 21.0. The summed E-state index contributed by atoms with van der Waals surface area (Å²) in [6.45, 7) is 12.4. The molecule has 7 N–H and O–H groups in total. The van der Waals surface area contributed by atoms with Gasteiger partial charge in [-0.1, -0.05) is 37.3 Å². The van der Waals surface area contributed by atoms with Crippen LogP contribution in [0.1, 0.15) is 83.4 Å². The van der Waals surface area contributed by atoms with Gasteiger partial charge in [0.15, 0.2) is 0 Å². The van der Waals surface area contributed by atoms with Crippen molar-refractivity contribution in [3.8, 4) is 0 Å². The molecule has 304 valence electrons. The maximum Gasteiger partial charge on any atom is 0.299 e. The second-order valence-electron chi connectivity index (χ2n) is 18.2. The lowest BCUT2D eigenvalue weighted by Gasteiger charge is -2.69. The number of fused-ring (bicyclic) bond motifs is 1. The highest BCUT2D eigenvalue weighted by Crippen LogP contribution is 2.72. The van der Waals surface area contributed by atoms with Gasteiger partial charge >= 0.3 is 0 Å². The molecule has 0 amide bonds. The van der Waals surface area contributed by atoms with Gasteiger partial charge in [-0.05, 0) is 118 Å². The van der Waals surface area contributed by atoms with Crippen LogP contribution in [0, 0.1) is 28.6 Å². The number of benzene rings is 1. The zero-order valence-electron chi connectivity index (χ0n) is 33.9. The molecule has 3 aromatic rings. The third kappa shape index (κ3) is 7.52. The number of para-hydroxylation sites is 1. The van der Waals surface area contributed by atoms with Crippen molar-refractivity contribution in [2.75, 3.05) is 39.9 Å². The van der Waals surface area contributed by atoms with Crippen LogP contribution in [0.3, 0.4) is 0 Å². The van der Waals surface area contributed by atoms with Crippen molar-refractivity contribution in [1.29, 1.82) is 5.41 Å². The molecule has 2 aliphatic heterocycles. The van der Waals surface area contributed by atoms with Crippen LogP contribution in [0.4, 0.5) is 5.13 Å². The van der Waals surface area contributed by atoms with E-state index < -0.39 is 5.95 Å². The van der Waals surface area contributed by atoms with Crippen LogP contribution in [-0.4, -0.2) is 97.1 Å².